The van der Waals surface area contributed by atoms with Gasteiger partial charge in [-0.3, -0.25) is 14.9 Å². The molecule has 1 saturated heterocycles. The molecule has 1 aliphatic heterocycles. The van der Waals surface area contributed by atoms with Gasteiger partial charge in [-0.2, -0.15) is 0 Å². The molecule has 1 aromatic rings. The summed E-state index contributed by atoms with van der Waals surface area (Å²) in [6.45, 7) is 4.53. The Balaban J connectivity index is 1.44. The molecule has 5 nitrogen and oxygen atoms in total. The van der Waals surface area contributed by atoms with E-state index in [0.29, 0.717) is 0 Å². The summed E-state index contributed by atoms with van der Waals surface area (Å²) in [4.78, 5) is 23.8. The number of anilines is 1. The van der Waals surface area contributed by atoms with Crippen LogP contribution in [0.4, 0.5) is 5.69 Å². The lowest BCUT2D eigenvalue weighted by Crippen LogP contribution is -2.42. The van der Waals surface area contributed by atoms with Crippen molar-refractivity contribution in [2.75, 3.05) is 17.6 Å². The Morgan fingerprint density at radius 2 is 1.58 bits per heavy atom. The first-order valence-corrected chi connectivity index (χ1v) is 15.3. The maximum absolute atomic E-state index is 12.5. The van der Waals surface area contributed by atoms with Crippen LogP contribution in [-0.4, -0.2) is 30.2 Å². The molecule has 0 aromatic heterocycles. The Hall–Kier alpha value is -1.79. The molecule has 1 aliphatic rings. The third-order valence-corrected chi connectivity index (χ3v) is 7.86. The van der Waals surface area contributed by atoms with Crippen LogP contribution in [0.3, 0.4) is 0 Å². The molecule has 6 heteroatoms. The summed E-state index contributed by atoms with van der Waals surface area (Å²) in [5.41, 5.74) is 1.86. The van der Waals surface area contributed by atoms with Crippen molar-refractivity contribution in [3.63, 3.8) is 0 Å². The molecule has 0 saturated carbocycles. The molecule has 0 spiro atoms. The largest absolute Gasteiger partial charge is 0.355 e. The van der Waals surface area contributed by atoms with Gasteiger partial charge < -0.3 is 10.6 Å². The fourth-order valence-electron chi connectivity index (χ4n) is 4.51. The zero-order chi connectivity index (χ0) is 25.8. The van der Waals surface area contributed by atoms with Crippen LogP contribution in [0, 0.1) is 0 Å². The van der Waals surface area contributed by atoms with Gasteiger partial charge in [0.2, 0.25) is 11.8 Å². The summed E-state index contributed by atoms with van der Waals surface area (Å²) < 4.78 is 0. The van der Waals surface area contributed by atoms with Gasteiger partial charge in [-0.05, 0) is 49.8 Å². The van der Waals surface area contributed by atoms with E-state index in [1.165, 1.54) is 90.4 Å². The molecule has 1 aromatic carbocycles. The number of amides is 2. The maximum Gasteiger partial charge on any atom is 0.238 e. The minimum Gasteiger partial charge on any atom is -0.355 e. The number of carbonyl (C=O) groups is 2. The Labute approximate surface area is 224 Å². The molecular formula is C30H49N3O2S. The van der Waals surface area contributed by atoms with Crippen LogP contribution in [0.5, 0.6) is 0 Å². The minimum atomic E-state index is -0.169. The van der Waals surface area contributed by atoms with Gasteiger partial charge in [0, 0.05) is 24.9 Å². The maximum atomic E-state index is 12.5. The van der Waals surface area contributed by atoms with E-state index in [4.69, 9.17) is 0 Å². The lowest BCUT2D eigenvalue weighted by Gasteiger charge is -2.15. The topological polar surface area (TPSA) is 70.2 Å². The van der Waals surface area contributed by atoms with Gasteiger partial charge >= 0.3 is 0 Å². The van der Waals surface area contributed by atoms with Crippen LogP contribution in [0.2, 0.25) is 0 Å². The van der Waals surface area contributed by atoms with Crippen molar-refractivity contribution < 1.29 is 9.59 Å². The van der Waals surface area contributed by atoms with E-state index < -0.39 is 0 Å². The summed E-state index contributed by atoms with van der Waals surface area (Å²) in [5.74, 6) is 0.768. The standard InChI is InChI=1S/C30H49N3O2S/c1-3-4-5-6-7-8-9-10-11-12-13-14-15-16-17-18-22-31-29(35)28-24-36-30(33-28)26-20-19-21-27(23-26)32-25(2)34/h11-12,19-21,23,28,30,33H,3-10,13-18,22,24H2,1-2H3,(H,31,35)(H,32,34)/t28-,30?/m0/s1. The van der Waals surface area contributed by atoms with Gasteiger partial charge in [-0.15, -0.1) is 11.8 Å². The first kappa shape index (κ1) is 30.4. The number of thioether (sulfide) groups is 1. The molecule has 36 heavy (non-hydrogen) atoms. The molecule has 0 radical (unpaired) electrons. The number of hydrogen-bond donors (Lipinski definition) is 3. The van der Waals surface area contributed by atoms with E-state index in [9.17, 15) is 9.59 Å². The van der Waals surface area contributed by atoms with E-state index in [2.05, 4.69) is 35.0 Å². The fourth-order valence-corrected chi connectivity index (χ4v) is 5.74. The van der Waals surface area contributed by atoms with Crippen molar-refractivity contribution >= 4 is 29.3 Å². The lowest BCUT2D eigenvalue weighted by molar-refractivity contribution is -0.122. The SMILES string of the molecule is CCCCCCCCCC=CCCCCCCCNC(=O)[C@@H]1CSC(c2cccc(NC(C)=O)c2)N1. The van der Waals surface area contributed by atoms with Crippen LogP contribution in [-0.2, 0) is 9.59 Å². The molecule has 2 rings (SSSR count). The molecule has 2 atom stereocenters. The Morgan fingerprint density at radius 3 is 2.25 bits per heavy atom. The number of rotatable bonds is 19. The van der Waals surface area contributed by atoms with E-state index in [0.717, 1.165) is 30.0 Å². The molecule has 0 aliphatic carbocycles. The molecule has 1 heterocycles. The zero-order valence-corrected chi connectivity index (χ0v) is 23.5. The summed E-state index contributed by atoms with van der Waals surface area (Å²) in [6.07, 6.45) is 22.9. The summed E-state index contributed by atoms with van der Waals surface area (Å²) in [5, 5.41) is 9.41. The third-order valence-electron chi connectivity index (χ3n) is 6.60. The molecule has 202 valence electrons. The van der Waals surface area contributed by atoms with Crippen molar-refractivity contribution in [2.45, 2.75) is 115 Å². The summed E-state index contributed by atoms with van der Waals surface area (Å²) in [7, 11) is 0. The van der Waals surface area contributed by atoms with Crippen LogP contribution in [0.15, 0.2) is 36.4 Å². The highest BCUT2D eigenvalue weighted by Crippen LogP contribution is 2.33. The first-order chi connectivity index (χ1) is 17.6. The molecule has 2 amide bonds. The van der Waals surface area contributed by atoms with Crippen LogP contribution in [0.1, 0.15) is 115 Å². The molecular weight excluding hydrogens is 466 g/mol. The average molecular weight is 516 g/mol. The first-order valence-electron chi connectivity index (χ1n) is 14.3. The van der Waals surface area contributed by atoms with Crippen molar-refractivity contribution in [1.82, 2.24) is 10.6 Å². The Bertz CT molecular complexity index is 783. The van der Waals surface area contributed by atoms with Crippen molar-refractivity contribution in [2.24, 2.45) is 0 Å². The predicted molar refractivity (Wildman–Crippen MR) is 155 cm³/mol. The van der Waals surface area contributed by atoms with Gasteiger partial charge in [0.05, 0.1) is 11.4 Å². The number of benzene rings is 1. The highest BCUT2D eigenvalue weighted by atomic mass is 32.2. The van der Waals surface area contributed by atoms with Crippen LogP contribution in [0.25, 0.3) is 0 Å². The van der Waals surface area contributed by atoms with Crippen molar-refractivity contribution in [1.29, 1.82) is 0 Å². The second kappa shape index (κ2) is 19.3. The van der Waals surface area contributed by atoms with E-state index in [1.54, 1.807) is 11.8 Å². The van der Waals surface area contributed by atoms with Crippen molar-refractivity contribution in [3.05, 3.63) is 42.0 Å². The number of hydrogen-bond acceptors (Lipinski definition) is 4. The quantitative estimate of drug-likeness (QED) is 0.132. The fraction of sp³-hybridized carbons (Fsp3) is 0.667. The highest BCUT2D eigenvalue weighted by molar-refractivity contribution is 7.99. The van der Waals surface area contributed by atoms with Gasteiger partial charge in [0.15, 0.2) is 0 Å². The third kappa shape index (κ3) is 13.5. The van der Waals surface area contributed by atoms with E-state index in [-0.39, 0.29) is 23.2 Å². The second-order valence-electron chi connectivity index (χ2n) is 9.97. The zero-order valence-electron chi connectivity index (χ0n) is 22.7. The number of nitrogens with one attached hydrogen (secondary N) is 3. The monoisotopic (exact) mass is 515 g/mol. The number of allylic oxidation sites excluding steroid dienone is 2. The Kier molecular flexibility index (Phi) is 16.3. The van der Waals surface area contributed by atoms with Crippen LogP contribution < -0.4 is 16.0 Å². The highest BCUT2D eigenvalue weighted by Gasteiger charge is 2.30. The second-order valence-corrected chi connectivity index (χ2v) is 11.1. The molecule has 1 fully saturated rings. The smallest absolute Gasteiger partial charge is 0.238 e. The number of carbonyl (C=O) groups excluding carboxylic acids is 2. The van der Waals surface area contributed by atoms with Gasteiger partial charge in [-0.25, -0.2) is 0 Å². The minimum absolute atomic E-state index is 0.0686. The van der Waals surface area contributed by atoms with E-state index >= 15 is 0 Å². The van der Waals surface area contributed by atoms with Gasteiger partial charge in [-0.1, -0.05) is 89.0 Å². The van der Waals surface area contributed by atoms with E-state index in [1.807, 2.05) is 24.3 Å². The summed E-state index contributed by atoms with van der Waals surface area (Å²) >= 11 is 1.73. The molecule has 0 bridgehead atoms. The predicted octanol–water partition coefficient (Wildman–Crippen LogP) is 7.50. The average Bonchev–Trinajstić information content (AvgIpc) is 3.36. The lowest BCUT2D eigenvalue weighted by atomic mass is 10.1. The van der Waals surface area contributed by atoms with Gasteiger partial charge in [0.25, 0.3) is 0 Å². The van der Waals surface area contributed by atoms with Crippen LogP contribution >= 0.6 is 11.8 Å². The summed E-state index contributed by atoms with van der Waals surface area (Å²) in [6, 6.07) is 7.64. The van der Waals surface area contributed by atoms with Gasteiger partial charge in [0.1, 0.15) is 0 Å². The number of unbranched alkanes of at least 4 members (excludes halogenated alkanes) is 12. The Morgan fingerprint density at radius 1 is 0.944 bits per heavy atom. The molecule has 1 unspecified atom stereocenters. The molecule has 3 N–H and O–H groups in total. The van der Waals surface area contributed by atoms with Crippen molar-refractivity contribution in [3.8, 4) is 0 Å². The normalized spacial score (nSPS) is 17.5.